The standard InChI is InChI=1S/C20H23N5O4/c1-12-14(11-23(2)22-12)19(26)24-6-5-18-21-15-10-17(29-4)16(28-3)9-13(15)20(27)25(18)8-7-24/h9-11H,5-8H2,1-4H3. The van der Waals surface area contributed by atoms with Gasteiger partial charge in [0.2, 0.25) is 0 Å². The number of benzene rings is 1. The Bertz CT molecular complexity index is 1160. The van der Waals surface area contributed by atoms with Gasteiger partial charge in [0.1, 0.15) is 5.82 Å². The van der Waals surface area contributed by atoms with Crippen molar-refractivity contribution in [3.63, 3.8) is 0 Å². The van der Waals surface area contributed by atoms with Crippen molar-refractivity contribution < 1.29 is 14.3 Å². The van der Waals surface area contributed by atoms with E-state index in [2.05, 4.69) is 10.1 Å². The molecule has 0 unspecified atom stereocenters. The molecule has 9 nitrogen and oxygen atoms in total. The van der Waals surface area contributed by atoms with Crippen LogP contribution in [0.15, 0.2) is 23.1 Å². The zero-order valence-corrected chi connectivity index (χ0v) is 16.9. The summed E-state index contributed by atoms with van der Waals surface area (Å²) in [6.45, 7) is 3.12. The molecule has 9 heteroatoms. The van der Waals surface area contributed by atoms with E-state index < -0.39 is 0 Å². The Balaban J connectivity index is 1.70. The molecule has 1 aliphatic rings. The van der Waals surface area contributed by atoms with E-state index in [9.17, 15) is 9.59 Å². The van der Waals surface area contributed by atoms with Gasteiger partial charge in [-0.25, -0.2) is 4.98 Å². The van der Waals surface area contributed by atoms with Gasteiger partial charge in [-0.05, 0) is 13.0 Å². The van der Waals surface area contributed by atoms with Crippen LogP contribution in [0.3, 0.4) is 0 Å². The number of hydrogen-bond donors (Lipinski definition) is 0. The second kappa shape index (κ2) is 7.23. The van der Waals surface area contributed by atoms with E-state index in [0.717, 1.165) is 0 Å². The van der Waals surface area contributed by atoms with Crippen molar-refractivity contribution in [3.05, 3.63) is 45.8 Å². The highest BCUT2D eigenvalue weighted by Crippen LogP contribution is 2.30. The Morgan fingerprint density at radius 1 is 1.10 bits per heavy atom. The van der Waals surface area contributed by atoms with E-state index in [1.165, 1.54) is 7.11 Å². The summed E-state index contributed by atoms with van der Waals surface area (Å²) in [5.41, 5.74) is 1.69. The molecule has 0 radical (unpaired) electrons. The number of amides is 1. The topological polar surface area (TPSA) is 91.5 Å². The van der Waals surface area contributed by atoms with E-state index in [-0.39, 0.29) is 11.5 Å². The summed E-state index contributed by atoms with van der Waals surface area (Å²) in [5, 5.41) is 4.72. The van der Waals surface area contributed by atoms with Crippen LogP contribution in [0.4, 0.5) is 0 Å². The molecule has 0 fully saturated rings. The van der Waals surface area contributed by atoms with Crippen LogP contribution in [0.5, 0.6) is 11.5 Å². The van der Waals surface area contributed by atoms with Crippen LogP contribution in [0.1, 0.15) is 21.9 Å². The number of aryl methyl sites for hydroxylation is 2. The maximum atomic E-state index is 13.1. The Hall–Kier alpha value is -3.36. The number of rotatable bonds is 3. The first kappa shape index (κ1) is 19.0. The minimum Gasteiger partial charge on any atom is -0.493 e. The van der Waals surface area contributed by atoms with Crippen molar-refractivity contribution in [2.75, 3.05) is 27.3 Å². The van der Waals surface area contributed by atoms with Gasteiger partial charge < -0.3 is 14.4 Å². The summed E-state index contributed by atoms with van der Waals surface area (Å²) in [5.74, 6) is 1.59. The van der Waals surface area contributed by atoms with Crippen molar-refractivity contribution in [2.24, 2.45) is 7.05 Å². The first-order valence-corrected chi connectivity index (χ1v) is 9.38. The van der Waals surface area contributed by atoms with Gasteiger partial charge in [-0.3, -0.25) is 18.8 Å². The van der Waals surface area contributed by atoms with E-state index in [1.54, 1.807) is 46.6 Å². The highest BCUT2D eigenvalue weighted by Gasteiger charge is 2.24. The minimum absolute atomic E-state index is 0.0793. The molecule has 0 bridgehead atoms. The molecule has 3 heterocycles. The van der Waals surface area contributed by atoms with Crippen LogP contribution < -0.4 is 15.0 Å². The molecule has 1 aliphatic heterocycles. The summed E-state index contributed by atoms with van der Waals surface area (Å²) in [4.78, 5) is 32.5. The van der Waals surface area contributed by atoms with Gasteiger partial charge in [0.15, 0.2) is 11.5 Å². The van der Waals surface area contributed by atoms with E-state index in [1.807, 2.05) is 6.92 Å². The molecule has 0 spiro atoms. The quantitative estimate of drug-likeness (QED) is 0.659. The van der Waals surface area contributed by atoms with Crippen LogP contribution in [0.25, 0.3) is 10.9 Å². The average Bonchev–Trinajstić information content (AvgIpc) is 2.92. The van der Waals surface area contributed by atoms with Crippen molar-refractivity contribution in [1.82, 2.24) is 24.2 Å². The number of fused-ring (bicyclic) bond motifs is 2. The van der Waals surface area contributed by atoms with Gasteiger partial charge in [0, 0.05) is 45.4 Å². The molecule has 0 N–H and O–H groups in total. The molecule has 0 saturated carbocycles. The van der Waals surface area contributed by atoms with Crippen molar-refractivity contribution in [3.8, 4) is 11.5 Å². The molecule has 0 saturated heterocycles. The molecule has 152 valence electrons. The highest BCUT2D eigenvalue weighted by molar-refractivity contribution is 5.95. The Morgan fingerprint density at radius 2 is 1.83 bits per heavy atom. The SMILES string of the molecule is COc1cc2nc3n(c(=O)c2cc1OC)CCN(C(=O)c1cn(C)nc1C)CC3. The monoisotopic (exact) mass is 397 g/mol. The second-order valence-electron chi connectivity index (χ2n) is 7.05. The number of methoxy groups -OCH3 is 2. The first-order chi connectivity index (χ1) is 13.9. The minimum atomic E-state index is -0.141. The number of ether oxygens (including phenoxy) is 2. The third-order valence-corrected chi connectivity index (χ3v) is 5.27. The number of carbonyl (C=O) groups excluding carboxylic acids is 1. The second-order valence-corrected chi connectivity index (χ2v) is 7.05. The third-order valence-electron chi connectivity index (χ3n) is 5.27. The Labute approximate surface area is 167 Å². The van der Waals surface area contributed by atoms with Gasteiger partial charge in [-0.1, -0.05) is 0 Å². The summed E-state index contributed by atoms with van der Waals surface area (Å²) in [6.07, 6.45) is 2.22. The molecule has 0 atom stereocenters. The molecule has 4 rings (SSSR count). The largest absolute Gasteiger partial charge is 0.493 e. The summed E-state index contributed by atoms with van der Waals surface area (Å²) in [6, 6.07) is 3.37. The average molecular weight is 397 g/mol. The molecule has 0 aliphatic carbocycles. The lowest BCUT2D eigenvalue weighted by Crippen LogP contribution is -2.34. The maximum absolute atomic E-state index is 13.1. The lowest BCUT2D eigenvalue weighted by Gasteiger charge is -2.19. The molecule has 1 aromatic carbocycles. The van der Waals surface area contributed by atoms with Gasteiger partial charge in [0.25, 0.3) is 11.5 Å². The molecule has 1 amide bonds. The zero-order valence-electron chi connectivity index (χ0n) is 16.9. The number of carbonyl (C=O) groups is 1. The molecule has 2 aromatic heterocycles. The smallest absolute Gasteiger partial charge is 0.261 e. The van der Waals surface area contributed by atoms with Crippen molar-refractivity contribution >= 4 is 16.8 Å². The van der Waals surface area contributed by atoms with Crippen molar-refractivity contribution in [2.45, 2.75) is 19.9 Å². The fraction of sp³-hybridized carbons (Fsp3) is 0.400. The predicted molar refractivity (Wildman–Crippen MR) is 107 cm³/mol. The van der Waals surface area contributed by atoms with Crippen LogP contribution in [-0.4, -0.2) is 57.4 Å². The summed E-state index contributed by atoms with van der Waals surface area (Å²) in [7, 11) is 4.87. The van der Waals surface area contributed by atoms with E-state index >= 15 is 0 Å². The summed E-state index contributed by atoms with van der Waals surface area (Å²) >= 11 is 0. The van der Waals surface area contributed by atoms with Gasteiger partial charge in [-0.2, -0.15) is 5.10 Å². The van der Waals surface area contributed by atoms with Gasteiger partial charge in [-0.15, -0.1) is 0 Å². The normalized spacial score (nSPS) is 13.9. The lowest BCUT2D eigenvalue weighted by molar-refractivity contribution is 0.0758. The molecule has 3 aromatic rings. The number of nitrogens with zero attached hydrogens (tertiary/aromatic N) is 5. The highest BCUT2D eigenvalue weighted by atomic mass is 16.5. The van der Waals surface area contributed by atoms with E-state index in [4.69, 9.17) is 9.47 Å². The molecule has 29 heavy (non-hydrogen) atoms. The molecular weight excluding hydrogens is 374 g/mol. The molecular formula is C20H23N5O4. The third kappa shape index (κ3) is 3.22. The van der Waals surface area contributed by atoms with Crippen LogP contribution in [-0.2, 0) is 20.0 Å². The first-order valence-electron chi connectivity index (χ1n) is 9.38. The van der Waals surface area contributed by atoms with Gasteiger partial charge in [0.05, 0.1) is 36.4 Å². The van der Waals surface area contributed by atoms with Crippen LogP contribution in [0.2, 0.25) is 0 Å². The van der Waals surface area contributed by atoms with Crippen molar-refractivity contribution in [1.29, 1.82) is 0 Å². The van der Waals surface area contributed by atoms with Gasteiger partial charge >= 0.3 is 0 Å². The van der Waals surface area contributed by atoms with E-state index in [0.29, 0.717) is 65.5 Å². The summed E-state index contributed by atoms with van der Waals surface area (Å²) < 4.78 is 13.9. The Kier molecular flexibility index (Phi) is 4.73. The van der Waals surface area contributed by atoms with Crippen LogP contribution >= 0.6 is 0 Å². The van der Waals surface area contributed by atoms with Crippen LogP contribution in [0, 0.1) is 6.92 Å². The fourth-order valence-corrected chi connectivity index (χ4v) is 3.77. The maximum Gasteiger partial charge on any atom is 0.261 e. The Morgan fingerprint density at radius 3 is 2.48 bits per heavy atom. The number of aromatic nitrogens is 4. The number of hydrogen-bond acceptors (Lipinski definition) is 6. The lowest BCUT2D eigenvalue weighted by atomic mass is 10.2. The predicted octanol–water partition coefficient (Wildman–Crippen LogP) is 1.15. The zero-order chi connectivity index (χ0) is 20.7. The fourth-order valence-electron chi connectivity index (χ4n) is 3.77.